The number of carbonyl (C=O) groups excluding carboxylic acids is 2. The summed E-state index contributed by atoms with van der Waals surface area (Å²) in [5.74, 6) is -1.14. The maximum Gasteiger partial charge on any atom is 0.254 e. The van der Waals surface area contributed by atoms with Gasteiger partial charge in [-0.25, -0.2) is 4.21 Å². The molecule has 1 aliphatic heterocycles. The van der Waals surface area contributed by atoms with E-state index >= 15 is 0 Å². The molecule has 154 valence electrons. The fourth-order valence-electron chi connectivity index (χ4n) is 3.31. The van der Waals surface area contributed by atoms with Crippen molar-refractivity contribution in [1.82, 2.24) is 4.90 Å². The van der Waals surface area contributed by atoms with Crippen LogP contribution in [0.2, 0.25) is 5.02 Å². The molecule has 0 radical (unpaired) electrons. The minimum Gasteiger partial charge on any atom is -0.369 e. The molecule has 3 atom stereocenters. The largest absolute Gasteiger partial charge is 0.369 e. The van der Waals surface area contributed by atoms with Gasteiger partial charge >= 0.3 is 0 Å². The van der Waals surface area contributed by atoms with Crippen LogP contribution in [-0.2, 0) is 14.8 Å². The number of halogens is 1. The minimum atomic E-state index is -3.78. The first-order valence-corrected chi connectivity index (χ1v) is 11.0. The number of likely N-dealkylation sites (tertiary alicyclic amines) is 1. The second kappa shape index (κ2) is 8.52. The third kappa shape index (κ3) is 4.95. The monoisotopic (exact) mass is 435 g/mol. The first-order valence-electron chi connectivity index (χ1n) is 9.13. The van der Waals surface area contributed by atoms with E-state index in [9.17, 15) is 18.4 Å². The first kappa shape index (κ1) is 21.3. The lowest BCUT2D eigenvalue weighted by Crippen LogP contribution is -2.48. The zero-order chi connectivity index (χ0) is 21.2. The molecule has 0 bridgehead atoms. The molecule has 0 aliphatic carbocycles. The lowest BCUT2D eigenvalue weighted by Gasteiger charge is -2.37. The van der Waals surface area contributed by atoms with Gasteiger partial charge in [-0.3, -0.25) is 14.1 Å². The Morgan fingerprint density at radius 2 is 1.93 bits per heavy atom. The number of benzene rings is 2. The van der Waals surface area contributed by atoms with E-state index in [1.165, 1.54) is 24.3 Å². The zero-order valence-corrected chi connectivity index (χ0v) is 17.4. The van der Waals surface area contributed by atoms with Gasteiger partial charge in [-0.05, 0) is 56.2 Å². The lowest BCUT2D eigenvalue weighted by atomic mass is 9.92. The molecule has 2 aromatic carbocycles. The summed E-state index contributed by atoms with van der Waals surface area (Å²) in [6, 6.07) is 12.2. The smallest absolute Gasteiger partial charge is 0.254 e. The molecule has 2 aromatic rings. The van der Waals surface area contributed by atoms with Crippen molar-refractivity contribution < 1.29 is 18.4 Å². The van der Waals surface area contributed by atoms with Crippen molar-refractivity contribution >= 4 is 39.1 Å². The third-order valence-electron chi connectivity index (χ3n) is 4.97. The molecule has 1 fully saturated rings. The summed E-state index contributed by atoms with van der Waals surface area (Å²) >= 11 is 5.90. The highest BCUT2D eigenvalue weighted by Gasteiger charge is 2.32. The number of primary amides is 1. The van der Waals surface area contributed by atoms with Crippen LogP contribution < -0.4 is 5.73 Å². The van der Waals surface area contributed by atoms with Crippen molar-refractivity contribution in [2.45, 2.75) is 30.7 Å². The number of rotatable bonds is 4. The fourth-order valence-corrected chi connectivity index (χ4v) is 4.54. The molecule has 2 amide bonds. The number of nitrogens with zero attached hydrogens (tertiary/aromatic N) is 2. The lowest BCUT2D eigenvalue weighted by molar-refractivity contribution is -0.123. The van der Waals surface area contributed by atoms with E-state index in [0.29, 0.717) is 17.9 Å². The van der Waals surface area contributed by atoms with E-state index in [2.05, 4.69) is 4.36 Å². The summed E-state index contributed by atoms with van der Waals surface area (Å²) in [6.45, 7) is 2.14. The highest BCUT2D eigenvalue weighted by atomic mass is 35.5. The average molecular weight is 436 g/mol. The highest BCUT2D eigenvalue weighted by Crippen LogP contribution is 2.26. The second-order valence-corrected chi connectivity index (χ2v) is 9.16. The Morgan fingerprint density at radius 1 is 1.21 bits per heavy atom. The molecular formula is C20H22ClN3O4S. The Morgan fingerprint density at radius 3 is 2.62 bits per heavy atom. The van der Waals surface area contributed by atoms with Crippen molar-refractivity contribution in [3.8, 4) is 0 Å². The minimum absolute atomic E-state index is 0.0134. The van der Waals surface area contributed by atoms with Gasteiger partial charge in [-0.1, -0.05) is 23.7 Å². The Bertz CT molecular complexity index is 1070. The average Bonchev–Trinajstić information content (AvgIpc) is 2.67. The topological polar surface area (TPSA) is 113 Å². The van der Waals surface area contributed by atoms with Crippen molar-refractivity contribution in [1.29, 1.82) is 0 Å². The van der Waals surface area contributed by atoms with Gasteiger partial charge in [-0.2, -0.15) is 4.36 Å². The van der Waals surface area contributed by atoms with Crippen LogP contribution in [0.3, 0.4) is 0 Å². The molecule has 1 aliphatic rings. The number of nitrogens with two attached hydrogens (primary N) is 1. The predicted molar refractivity (Wildman–Crippen MR) is 111 cm³/mol. The van der Waals surface area contributed by atoms with E-state index in [-0.39, 0.29) is 34.6 Å². The van der Waals surface area contributed by atoms with E-state index in [1.54, 1.807) is 29.2 Å². The van der Waals surface area contributed by atoms with Gasteiger partial charge in [0, 0.05) is 23.2 Å². The maximum absolute atomic E-state index is 13.0. The predicted octanol–water partition coefficient (Wildman–Crippen LogP) is 3.70. The van der Waals surface area contributed by atoms with Gasteiger partial charge in [0.1, 0.15) is 0 Å². The standard InChI is InChI=1S/C20H22ClN3O4S/c1-13-8-9-15(19(22)25)12-24(13)20(26)14-4-2-7-18(10-14)29(27,28)23-17-6-3-5-16(21)11-17/h2-7,10-11,13,15H,8-9,12H2,1H3,(H2,22,25)(H,23,27,28)/t13-,15-/m0/s1. The third-order valence-corrected chi connectivity index (χ3v) is 6.53. The van der Waals surface area contributed by atoms with Gasteiger partial charge in [0.05, 0.1) is 16.5 Å². The van der Waals surface area contributed by atoms with Crippen LogP contribution in [0.15, 0.2) is 57.8 Å². The Balaban J connectivity index is 1.91. The van der Waals surface area contributed by atoms with E-state index < -0.39 is 21.8 Å². The number of hydrogen-bond donors (Lipinski definition) is 2. The summed E-state index contributed by atoms with van der Waals surface area (Å²) in [7, 11) is -3.78. The van der Waals surface area contributed by atoms with Crippen LogP contribution in [0, 0.1) is 5.92 Å². The molecule has 7 nitrogen and oxygen atoms in total. The van der Waals surface area contributed by atoms with E-state index in [0.717, 1.165) is 0 Å². The molecule has 1 saturated heterocycles. The van der Waals surface area contributed by atoms with Gasteiger partial charge in [0.15, 0.2) is 10.0 Å². The Kier molecular flexibility index (Phi) is 6.26. The summed E-state index contributed by atoms with van der Waals surface area (Å²) in [5, 5.41) is 0.397. The molecule has 29 heavy (non-hydrogen) atoms. The van der Waals surface area contributed by atoms with Gasteiger partial charge in [0.25, 0.3) is 5.91 Å². The van der Waals surface area contributed by atoms with Crippen molar-refractivity contribution in [3.63, 3.8) is 0 Å². The Hall–Kier alpha value is -2.42. The van der Waals surface area contributed by atoms with Crippen molar-refractivity contribution in [2.75, 3.05) is 6.54 Å². The van der Waals surface area contributed by atoms with Crippen LogP contribution >= 0.6 is 11.6 Å². The molecule has 1 unspecified atom stereocenters. The number of carbonyl (C=O) groups is 2. The molecule has 1 heterocycles. The molecular weight excluding hydrogens is 414 g/mol. The van der Waals surface area contributed by atoms with Gasteiger partial charge in [0.2, 0.25) is 5.91 Å². The van der Waals surface area contributed by atoms with Crippen LogP contribution in [0.25, 0.3) is 0 Å². The van der Waals surface area contributed by atoms with Crippen LogP contribution in [-0.4, -0.2) is 38.1 Å². The number of piperidine rings is 1. The summed E-state index contributed by atoms with van der Waals surface area (Å²) in [4.78, 5) is 26.2. The normalized spacial score (nSPS) is 21.3. The second-order valence-electron chi connectivity index (χ2n) is 7.08. The molecule has 3 rings (SSSR count). The quantitative estimate of drug-likeness (QED) is 0.762. The summed E-state index contributed by atoms with van der Waals surface area (Å²) in [5.41, 5.74) is 5.92. The zero-order valence-electron chi connectivity index (χ0n) is 15.8. The fraction of sp³-hybridized carbons (Fsp3) is 0.300. The Labute approximate surface area is 174 Å². The van der Waals surface area contributed by atoms with Crippen molar-refractivity contribution in [2.24, 2.45) is 16.0 Å². The molecule has 0 spiro atoms. The van der Waals surface area contributed by atoms with Crippen molar-refractivity contribution in [3.05, 3.63) is 59.1 Å². The molecule has 3 N–H and O–H groups in total. The molecule has 9 heteroatoms. The maximum atomic E-state index is 13.0. The summed E-state index contributed by atoms with van der Waals surface area (Å²) in [6.07, 6.45) is 1.31. The SMILES string of the molecule is C[C@H]1CC[C@H](C(N)=O)CN1C(=O)c1cccc(S(=O)(O)=Nc2cccc(Cl)c2)c1. The highest BCUT2D eigenvalue weighted by molar-refractivity contribution is 7.88. The molecule has 0 aromatic heterocycles. The summed E-state index contributed by atoms with van der Waals surface area (Å²) < 4.78 is 27.1. The first-order chi connectivity index (χ1) is 13.7. The van der Waals surface area contributed by atoms with E-state index in [4.69, 9.17) is 17.3 Å². The van der Waals surface area contributed by atoms with Crippen LogP contribution in [0.1, 0.15) is 30.1 Å². The van der Waals surface area contributed by atoms with Gasteiger partial charge in [-0.15, -0.1) is 0 Å². The number of amides is 2. The van der Waals surface area contributed by atoms with E-state index in [1.807, 2.05) is 6.92 Å². The molecule has 0 saturated carbocycles. The van der Waals surface area contributed by atoms with Crippen LogP contribution in [0.4, 0.5) is 5.69 Å². The van der Waals surface area contributed by atoms with Crippen LogP contribution in [0.5, 0.6) is 0 Å². The van der Waals surface area contributed by atoms with Gasteiger partial charge < -0.3 is 10.6 Å². The number of hydrogen-bond acceptors (Lipinski definition) is 4.